The third-order valence-electron chi connectivity index (χ3n) is 7.50. The molecule has 2 amide bonds. The number of H-pyrrole nitrogens is 1. The van der Waals surface area contributed by atoms with Crippen molar-refractivity contribution >= 4 is 28.7 Å². The van der Waals surface area contributed by atoms with E-state index >= 15 is 0 Å². The number of hydrogen-bond donors (Lipinski definition) is 1. The molecule has 0 radical (unpaired) electrons. The summed E-state index contributed by atoms with van der Waals surface area (Å²) in [7, 11) is 1.35. The van der Waals surface area contributed by atoms with E-state index in [0.717, 1.165) is 33.3 Å². The van der Waals surface area contributed by atoms with Crippen LogP contribution < -0.4 is 0 Å². The van der Waals surface area contributed by atoms with Crippen LogP contribution in [0.2, 0.25) is 0 Å². The summed E-state index contributed by atoms with van der Waals surface area (Å²) >= 11 is 0. The maximum absolute atomic E-state index is 13.8. The Bertz CT molecular complexity index is 1490. The second kappa shape index (κ2) is 9.24. The van der Waals surface area contributed by atoms with Crippen molar-refractivity contribution in [3.63, 3.8) is 0 Å². The van der Waals surface area contributed by atoms with Gasteiger partial charge in [0.15, 0.2) is 0 Å². The van der Waals surface area contributed by atoms with Gasteiger partial charge >= 0.3 is 5.97 Å². The SMILES string of the molecule is COC(=O)c1ccc([C@@H]2c3[nH]c4ccccc4c3C[C@H]3C(=O)N(CCc4ccccc4)CC(=O)N23)cc1. The number of nitrogens with zero attached hydrogens (tertiary/aromatic N) is 2. The third-order valence-corrected chi connectivity index (χ3v) is 7.50. The number of rotatable bonds is 5. The van der Waals surface area contributed by atoms with Crippen molar-refractivity contribution in [3.05, 3.63) is 107 Å². The Morgan fingerprint density at radius 1 is 0.973 bits per heavy atom. The predicted molar refractivity (Wildman–Crippen MR) is 139 cm³/mol. The number of amides is 2. The summed E-state index contributed by atoms with van der Waals surface area (Å²) in [5, 5.41) is 1.06. The van der Waals surface area contributed by atoms with Gasteiger partial charge in [0, 0.05) is 29.6 Å². The summed E-state index contributed by atoms with van der Waals surface area (Å²) in [4.78, 5) is 46.5. The fourth-order valence-electron chi connectivity index (χ4n) is 5.69. The third kappa shape index (κ3) is 3.96. The molecule has 3 heterocycles. The Balaban J connectivity index is 1.39. The molecule has 1 saturated heterocycles. The molecule has 6 rings (SSSR count). The number of para-hydroxylation sites is 1. The molecule has 2 aliphatic rings. The molecule has 3 aromatic carbocycles. The zero-order valence-corrected chi connectivity index (χ0v) is 20.5. The number of piperazine rings is 1. The first-order valence-corrected chi connectivity index (χ1v) is 12.5. The maximum Gasteiger partial charge on any atom is 0.337 e. The van der Waals surface area contributed by atoms with Gasteiger partial charge in [-0.25, -0.2) is 4.79 Å². The molecular formula is C30H27N3O4. The number of ether oxygens (including phenoxy) is 1. The van der Waals surface area contributed by atoms with Crippen molar-refractivity contribution in [3.8, 4) is 0 Å². The molecule has 2 atom stereocenters. The number of fused-ring (bicyclic) bond motifs is 4. The van der Waals surface area contributed by atoms with Crippen molar-refractivity contribution in [2.45, 2.75) is 24.9 Å². The van der Waals surface area contributed by atoms with E-state index < -0.39 is 18.1 Å². The van der Waals surface area contributed by atoms with E-state index in [1.54, 1.807) is 21.9 Å². The molecular weight excluding hydrogens is 466 g/mol. The topological polar surface area (TPSA) is 82.7 Å². The molecule has 0 unspecified atom stereocenters. The number of hydrogen-bond acceptors (Lipinski definition) is 4. The quantitative estimate of drug-likeness (QED) is 0.428. The summed E-state index contributed by atoms with van der Waals surface area (Å²) < 4.78 is 4.84. The molecule has 1 fully saturated rings. The zero-order chi connectivity index (χ0) is 25.5. The minimum atomic E-state index is -0.589. The fourth-order valence-corrected chi connectivity index (χ4v) is 5.69. The first-order valence-electron chi connectivity index (χ1n) is 12.5. The standard InChI is InChI=1S/C30H27N3O4/c1-37-30(36)21-13-11-20(12-14-21)28-27-23(22-9-5-6-10-24(22)31-27)17-25-29(35)32(18-26(34)33(25)28)16-15-19-7-3-2-4-8-19/h2-14,25,28,31H,15-18H2,1H3/t25-,28+/m0/s1. The van der Waals surface area contributed by atoms with Crippen LogP contribution in [0.15, 0.2) is 78.9 Å². The van der Waals surface area contributed by atoms with Gasteiger partial charge in [-0.05, 0) is 41.3 Å². The average molecular weight is 494 g/mol. The fraction of sp³-hybridized carbons (Fsp3) is 0.233. The van der Waals surface area contributed by atoms with Crippen molar-refractivity contribution < 1.29 is 19.1 Å². The smallest absolute Gasteiger partial charge is 0.337 e. The summed E-state index contributed by atoms with van der Waals surface area (Å²) in [6, 6.07) is 24.1. The summed E-state index contributed by atoms with van der Waals surface area (Å²) in [5.74, 6) is -0.524. The predicted octanol–water partition coefficient (Wildman–Crippen LogP) is 3.88. The molecule has 0 aliphatic carbocycles. The molecule has 186 valence electrons. The summed E-state index contributed by atoms with van der Waals surface area (Å²) in [5.41, 5.74) is 5.36. The second-order valence-corrected chi connectivity index (χ2v) is 9.60. The first-order chi connectivity index (χ1) is 18.0. The largest absolute Gasteiger partial charge is 0.465 e. The number of nitrogens with one attached hydrogen (secondary N) is 1. The van der Waals surface area contributed by atoms with Crippen molar-refractivity contribution in [2.75, 3.05) is 20.2 Å². The zero-order valence-electron chi connectivity index (χ0n) is 20.5. The number of benzene rings is 3. The molecule has 1 N–H and O–H groups in total. The van der Waals surface area contributed by atoms with Crippen LogP contribution in [-0.2, 0) is 27.2 Å². The van der Waals surface area contributed by atoms with Crippen LogP contribution >= 0.6 is 0 Å². The molecule has 0 bridgehead atoms. The van der Waals surface area contributed by atoms with Crippen LogP contribution in [0.5, 0.6) is 0 Å². The lowest BCUT2D eigenvalue weighted by Gasteiger charge is -2.47. The Morgan fingerprint density at radius 2 is 1.70 bits per heavy atom. The highest BCUT2D eigenvalue weighted by Gasteiger charge is 2.48. The van der Waals surface area contributed by atoms with E-state index in [1.165, 1.54) is 7.11 Å². The molecule has 1 aromatic heterocycles. The van der Waals surface area contributed by atoms with Gasteiger partial charge in [0.2, 0.25) is 11.8 Å². The molecule has 7 nitrogen and oxygen atoms in total. The average Bonchev–Trinajstić information content (AvgIpc) is 3.31. The lowest BCUT2D eigenvalue weighted by atomic mass is 9.86. The lowest BCUT2D eigenvalue weighted by molar-refractivity contribution is -0.158. The van der Waals surface area contributed by atoms with Crippen LogP contribution in [0, 0.1) is 0 Å². The normalized spacial score (nSPS) is 19.1. The number of aromatic amines is 1. The minimum Gasteiger partial charge on any atom is -0.465 e. The molecule has 2 aliphatic heterocycles. The van der Waals surface area contributed by atoms with E-state index in [4.69, 9.17) is 4.74 Å². The van der Waals surface area contributed by atoms with Gasteiger partial charge in [0.05, 0.1) is 25.3 Å². The minimum absolute atomic E-state index is 0.0253. The van der Waals surface area contributed by atoms with Crippen molar-refractivity contribution in [1.29, 1.82) is 0 Å². The van der Waals surface area contributed by atoms with Crippen LogP contribution in [-0.4, -0.2) is 58.8 Å². The van der Waals surface area contributed by atoms with Crippen LogP contribution in [0.25, 0.3) is 10.9 Å². The van der Waals surface area contributed by atoms with Gasteiger partial charge in [0.1, 0.15) is 6.04 Å². The number of esters is 1. The molecule has 37 heavy (non-hydrogen) atoms. The second-order valence-electron chi connectivity index (χ2n) is 9.60. The highest BCUT2D eigenvalue weighted by molar-refractivity contribution is 5.97. The Labute approximate surface area is 214 Å². The monoisotopic (exact) mass is 493 g/mol. The van der Waals surface area contributed by atoms with Gasteiger partial charge in [-0.15, -0.1) is 0 Å². The molecule has 0 spiro atoms. The Hall–Kier alpha value is -4.39. The summed E-state index contributed by atoms with van der Waals surface area (Å²) in [6.07, 6.45) is 1.16. The molecule has 0 saturated carbocycles. The van der Waals surface area contributed by atoms with E-state index in [9.17, 15) is 14.4 Å². The van der Waals surface area contributed by atoms with E-state index in [1.807, 2.05) is 60.7 Å². The Kier molecular flexibility index (Phi) is 5.75. The summed E-state index contributed by atoms with van der Waals surface area (Å²) in [6.45, 7) is 0.548. The lowest BCUT2D eigenvalue weighted by Crippen LogP contribution is -2.63. The van der Waals surface area contributed by atoms with Gasteiger partial charge < -0.3 is 19.5 Å². The Morgan fingerprint density at radius 3 is 2.46 bits per heavy atom. The van der Waals surface area contributed by atoms with Crippen LogP contribution in [0.1, 0.15) is 38.8 Å². The molecule has 4 aromatic rings. The van der Waals surface area contributed by atoms with Crippen molar-refractivity contribution in [2.24, 2.45) is 0 Å². The van der Waals surface area contributed by atoms with E-state index in [-0.39, 0.29) is 18.4 Å². The van der Waals surface area contributed by atoms with E-state index in [0.29, 0.717) is 24.9 Å². The van der Waals surface area contributed by atoms with Gasteiger partial charge in [-0.2, -0.15) is 0 Å². The number of methoxy groups -OCH3 is 1. The van der Waals surface area contributed by atoms with E-state index in [2.05, 4.69) is 11.1 Å². The van der Waals surface area contributed by atoms with Gasteiger partial charge in [-0.1, -0.05) is 60.7 Å². The highest BCUT2D eigenvalue weighted by Crippen LogP contribution is 2.42. The van der Waals surface area contributed by atoms with Crippen LogP contribution in [0.3, 0.4) is 0 Å². The first kappa shape index (κ1) is 23.0. The van der Waals surface area contributed by atoms with Crippen molar-refractivity contribution in [1.82, 2.24) is 14.8 Å². The maximum atomic E-state index is 13.8. The molecule has 7 heteroatoms. The highest BCUT2D eigenvalue weighted by atomic mass is 16.5. The van der Waals surface area contributed by atoms with Crippen LogP contribution in [0.4, 0.5) is 0 Å². The number of carbonyl (C=O) groups excluding carboxylic acids is 3. The van der Waals surface area contributed by atoms with Gasteiger partial charge in [0.25, 0.3) is 0 Å². The number of carbonyl (C=O) groups is 3. The van der Waals surface area contributed by atoms with Gasteiger partial charge in [-0.3, -0.25) is 9.59 Å². The number of aromatic nitrogens is 1.